The first-order chi connectivity index (χ1) is 9.29. The van der Waals surface area contributed by atoms with E-state index in [1.165, 1.54) is 6.07 Å². The van der Waals surface area contributed by atoms with E-state index in [1.807, 2.05) is 6.07 Å². The summed E-state index contributed by atoms with van der Waals surface area (Å²) in [5.74, 6) is 0.562. The van der Waals surface area contributed by atoms with Crippen molar-refractivity contribution in [1.29, 1.82) is 0 Å². The maximum atomic E-state index is 13.5. The smallest absolute Gasteiger partial charge is 0.142 e. The van der Waals surface area contributed by atoms with Crippen LogP contribution >= 0.6 is 11.6 Å². The molecule has 0 N–H and O–H groups in total. The van der Waals surface area contributed by atoms with Crippen molar-refractivity contribution in [3.8, 4) is 0 Å². The first kappa shape index (κ1) is 15.5. The van der Waals surface area contributed by atoms with Crippen molar-refractivity contribution >= 4 is 17.4 Å². The Morgan fingerprint density at radius 1 is 1.35 bits per heavy atom. The van der Waals surface area contributed by atoms with Gasteiger partial charge in [-0.2, -0.15) is 0 Å². The summed E-state index contributed by atoms with van der Waals surface area (Å²) < 4.78 is 13.5. The molecule has 0 bridgehead atoms. The van der Waals surface area contributed by atoms with Gasteiger partial charge in [-0.05, 0) is 48.3 Å². The minimum Gasteiger partial charge on any atom is -0.299 e. The minimum atomic E-state index is -0.386. The number of Topliss-reactive ketones (excluding diaryl/α,β-unsaturated/α-hetero) is 1. The molecule has 2 rings (SSSR count). The van der Waals surface area contributed by atoms with E-state index in [-0.39, 0.29) is 22.2 Å². The van der Waals surface area contributed by atoms with Gasteiger partial charge in [0.1, 0.15) is 11.6 Å². The first-order valence-electron chi connectivity index (χ1n) is 7.26. The lowest BCUT2D eigenvalue weighted by molar-refractivity contribution is -0.129. The van der Waals surface area contributed by atoms with Crippen molar-refractivity contribution in [2.45, 2.75) is 46.5 Å². The SMILES string of the molecule is CC1CCC(C(C)(C)Cc2ccc(Cl)c(F)c2)C(=O)C1. The summed E-state index contributed by atoms with van der Waals surface area (Å²) in [5.41, 5.74) is 0.764. The topological polar surface area (TPSA) is 17.1 Å². The van der Waals surface area contributed by atoms with Crippen LogP contribution < -0.4 is 0 Å². The molecule has 3 heteroatoms. The van der Waals surface area contributed by atoms with Crippen LogP contribution in [0.5, 0.6) is 0 Å². The predicted molar refractivity (Wildman–Crippen MR) is 80.4 cm³/mol. The number of hydrogen-bond acceptors (Lipinski definition) is 1. The van der Waals surface area contributed by atoms with Gasteiger partial charge in [-0.25, -0.2) is 4.39 Å². The largest absolute Gasteiger partial charge is 0.299 e. The van der Waals surface area contributed by atoms with Gasteiger partial charge in [0.2, 0.25) is 0 Å². The highest BCUT2D eigenvalue weighted by atomic mass is 35.5. The zero-order valence-electron chi connectivity index (χ0n) is 12.4. The Morgan fingerprint density at radius 2 is 2.05 bits per heavy atom. The fourth-order valence-electron chi connectivity index (χ4n) is 3.33. The van der Waals surface area contributed by atoms with Gasteiger partial charge in [-0.3, -0.25) is 4.79 Å². The van der Waals surface area contributed by atoms with Crippen molar-refractivity contribution in [3.05, 3.63) is 34.6 Å². The van der Waals surface area contributed by atoms with Crippen molar-refractivity contribution in [2.75, 3.05) is 0 Å². The zero-order valence-corrected chi connectivity index (χ0v) is 13.1. The van der Waals surface area contributed by atoms with Gasteiger partial charge in [0.05, 0.1) is 5.02 Å². The predicted octanol–water partition coefficient (Wildman–Crippen LogP) is 5.05. The van der Waals surface area contributed by atoms with Crippen LogP contribution in [-0.4, -0.2) is 5.78 Å². The van der Waals surface area contributed by atoms with Crippen molar-refractivity contribution < 1.29 is 9.18 Å². The van der Waals surface area contributed by atoms with Crippen LogP contribution in [0.25, 0.3) is 0 Å². The second-order valence-corrected chi connectivity index (χ2v) is 7.23. The molecule has 1 fully saturated rings. The van der Waals surface area contributed by atoms with Gasteiger partial charge >= 0.3 is 0 Å². The summed E-state index contributed by atoms with van der Waals surface area (Å²) in [7, 11) is 0. The number of benzene rings is 1. The molecule has 1 aliphatic carbocycles. The normalized spacial score (nSPS) is 23.9. The second kappa shape index (κ2) is 5.85. The highest BCUT2D eigenvalue weighted by molar-refractivity contribution is 6.30. The minimum absolute atomic E-state index is 0.0810. The Kier molecular flexibility index (Phi) is 4.53. The van der Waals surface area contributed by atoms with Crippen LogP contribution in [0.2, 0.25) is 5.02 Å². The third-order valence-electron chi connectivity index (χ3n) is 4.47. The molecular formula is C17H22ClFO. The molecule has 110 valence electrons. The average molecular weight is 297 g/mol. The molecule has 2 atom stereocenters. The Balaban J connectivity index is 2.13. The van der Waals surface area contributed by atoms with Crippen LogP contribution in [0, 0.1) is 23.1 Å². The lowest BCUT2D eigenvalue weighted by Gasteiger charge is -2.37. The van der Waals surface area contributed by atoms with Gasteiger partial charge < -0.3 is 0 Å². The van der Waals surface area contributed by atoms with E-state index in [2.05, 4.69) is 20.8 Å². The molecule has 20 heavy (non-hydrogen) atoms. The molecule has 0 aliphatic heterocycles. The Morgan fingerprint density at radius 3 is 2.65 bits per heavy atom. The molecule has 1 saturated carbocycles. The summed E-state index contributed by atoms with van der Waals surface area (Å²) in [6.45, 7) is 6.35. The molecule has 0 amide bonds. The zero-order chi connectivity index (χ0) is 14.9. The van der Waals surface area contributed by atoms with Crippen LogP contribution in [0.3, 0.4) is 0 Å². The van der Waals surface area contributed by atoms with Gasteiger partial charge in [-0.1, -0.05) is 38.4 Å². The Labute approximate surface area is 125 Å². The van der Waals surface area contributed by atoms with Crippen molar-refractivity contribution in [1.82, 2.24) is 0 Å². The highest BCUT2D eigenvalue weighted by Gasteiger charge is 2.37. The summed E-state index contributed by atoms with van der Waals surface area (Å²) >= 11 is 5.71. The molecule has 0 aromatic heterocycles. The molecule has 0 heterocycles. The molecule has 2 unspecified atom stereocenters. The molecule has 1 nitrogen and oxygen atoms in total. The van der Waals surface area contributed by atoms with Gasteiger partial charge in [0.15, 0.2) is 0 Å². The quantitative estimate of drug-likeness (QED) is 0.762. The molecule has 1 aromatic rings. The van der Waals surface area contributed by atoms with Gasteiger partial charge in [0.25, 0.3) is 0 Å². The van der Waals surface area contributed by atoms with E-state index in [0.29, 0.717) is 24.5 Å². The number of hydrogen-bond donors (Lipinski definition) is 0. The maximum Gasteiger partial charge on any atom is 0.142 e. The lowest BCUT2D eigenvalue weighted by Crippen LogP contribution is -2.36. The molecular weight excluding hydrogens is 275 g/mol. The summed E-state index contributed by atoms with van der Waals surface area (Å²) in [5, 5.41) is 0.147. The fourth-order valence-corrected chi connectivity index (χ4v) is 3.44. The first-order valence-corrected chi connectivity index (χ1v) is 7.64. The molecule has 1 aromatic carbocycles. The van der Waals surface area contributed by atoms with E-state index in [9.17, 15) is 9.18 Å². The summed E-state index contributed by atoms with van der Waals surface area (Å²) in [6.07, 6.45) is 3.44. The third-order valence-corrected chi connectivity index (χ3v) is 4.78. The molecule has 0 saturated heterocycles. The van der Waals surface area contributed by atoms with E-state index < -0.39 is 0 Å². The average Bonchev–Trinajstić information content (AvgIpc) is 2.33. The third kappa shape index (κ3) is 3.41. The number of halogens is 2. The Hall–Kier alpha value is -0.890. The number of carbonyl (C=O) groups excluding carboxylic acids is 1. The number of rotatable bonds is 3. The van der Waals surface area contributed by atoms with Gasteiger partial charge in [0, 0.05) is 12.3 Å². The lowest BCUT2D eigenvalue weighted by atomic mass is 9.66. The standard InChI is InChI=1S/C17H22ClFO/c1-11-4-6-13(16(20)8-11)17(2,3)10-12-5-7-14(18)15(19)9-12/h5,7,9,11,13H,4,6,8,10H2,1-3H3. The fraction of sp³-hybridized carbons (Fsp3) is 0.588. The van der Waals surface area contributed by atoms with E-state index >= 15 is 0 Å². The van der Waals surface area contributed by atoms with Crippen LogP contribution in [0.1, 0.15) is 45.6 Å². The second-order valence-electron chi connectivity index (χ2n) is 6.82. The van der Waals surface area contributed by atoms with Crippen molar-refractivity contribution in [2.24, 2.45) is 17.3 Å². The molecule has 1 aliphatic rings. The summed E-state index contributed by atoms with van der Waals surface area (Å²) in [4.78, 5) is 12.3. The number of carbonyl (C=O) groups is 1. The van der Waals surface area contributed by atoms with Crippen LogP contribution in [0.15, 0.2) is 18.2 Å². The number of ketones is 1. The summed E-state index contributed by atoms with van der Waals surface area (Å²) in [6, 6.07) is 4.93. The van der Waals surface area contributed by atoms with Crippen molar-refractivity contribution in [3.63, 3.8) is 0 Å². The monoisotopic (exact) mass is 296 g/mol. The van der Waals surface area contributed by atoms with Crippen LogP contribution in [0.4, 0.5) is 4.39 Å². The highest BCUT2D eigenvalue weighted by Crippen LogP contribution is 2.40. The maximum absolute atomic E-state index is 13.5. The van der Waals surface area contributed by atoms with E-state index in [1.54, 1.807) is 6.07 Å². The van der Waals surface area contributed by atoms with E-state index in [0.717, 1.165) is 18.4 Å². The van der Waals surface area contributed by atoms with Crippen LogP contribution in [-0.2, 0) is 11.2 Å². The Bertz CT molecular complexity index is 510. The van der Waals surface area contributed by atoms with E-state index in [4.69, 9.17) is 11.6 Å². The molecule has 0 spiro atoms. The van der Waals surface area contributed by atoms with Gasteiger partial charge in [-0.15, -0.1) is 0 Å². The molecule has 0 radical (unpaired) electrons.